The first-order valence-electron chi connectivity index (χ1n) is 5.38. The minimum atomic E-state index is -1.32. The van der Waals surface area contributed by atoms with Gasteiger partial charge in [-0.15, -0.1) is 0 Å². The second-order valence-electron chi connectivity index (χ2n) is 4.06. The van der Waals surface area contributed by atoms with Gasteiger partial charge in [-0.05, 0) is 18.1 Å². The van der Waals surface area contributed by atoms with E-state index in [9.17, 15) is 15.0 Å². The molecule has 0 aromatic carbocycles. The van der Waals surface area contributed by atoms with Crippen LogP contribution >= 0.6 is 0 Å². The van der Waals surface area contributed by atoms with Gasteiger partial charge >= 0.3 is 5.97 Å². The first-order valence-corrected chi connectivity index (χ1v) is 5.38. The highest BCUT2D eigenvalue weighted by molar-refractivity contribution is 5.67. The number of aromatic nitrogens is 1. The number of hydrogen-bond acceptors (Lipinski definition) is 5. The van der Waals surface area contributed by atoms with Crippen molar-refractivity contribution in [3.05, 3.63) is 23.4 Å². The maximum atomic E-state index is 10.4. The average Bonchev–Trinajstić information content (AvgIpc) is 2.73. The van der Waals surface area contributed by atoms with Crippen LogP contribution in [0.4, 0.5) is 5.82 Å². The summed E-state index contributed by atoms with van der Waals surface area (Å²) in [7, 11) is 0. The molecule has 0 bridgehead atoms. The van der Waals surface area contributed by atoms with Crippen molar-refractivity contribution in [2.24, 2.45) is 0 Å². The van der Waals surface area contributed by atoms with Crippen molar-refractivity contribution in [3.8, 4) is 0 Å². The smallest absolute Gasteiger partial charge is 0.306 e. The van der Waals surface area contributed by atoms with E-state index in [1.54, 1.807) is 6.07 Å². The number of carboxylic acid groups (broad SMARTS) is 1. The van der Waals surface area contributed by atoms with E-state index < -0.39 is 24.6 Å². The van der Waals surface area contributed by atoms with Crippen LogP contribution in [0.25, 0.3) is 0 Å². The van der Waals surface area contributed by atoms with E-state index >= 15 is 0 Å². The van der Waals surface area contributed by atoms with Crippen molar-refractivity contribution in [2.45, 2.75) is 25.0 Å². The number of aliphatic hydroxyl groups excluding tert-OH is 2. The lowest BCUT2D eigenvalue weighted by Gasteiger charge is -2.16. The van der Waals surface area contributed by atoms with E-state index in [-0.39, 0.29) is 0 Å². The average molecular weight is 238 g/mol. The number of aliphatic hydroxyl groups is 2. The molecule has 4 N–H and O–H groups in total. The topological polar surface area (TPSA) is 103 Å². The molecule has 2 rings (SSSR count). The first kappa shape index (κ1) is 11.8. The van der Waals surface area contributed by atoms with Gasteiger partial charge in [0.15, 0.2) is 0 Å². The number of nitrogens with one attached hydrogen (secondary N) is 1. The number of anilines is 1. The van der Waals surface area contributed by atoms with Gasteiger partial charge < -0.3 is 20.6 Å². The number of aliphatic carboxylic acids is 1. The minimum Gasteiger partial charge on any atom is -0.481 e. The molecule has 1 aliphatic rings. The maximum Gasteiger partial charge on any atom is 0.306 e. The minimum absolute atomic E-state index is 0.446. The van der Waals surface area contributed by atoms with E-state index in [4.69, 9.17) is 5.11 Å². The monoisotopic (exact) mass is 238 g/mol. The van der Waals surface area contributed by atoms with E-state index in [1.807, 2.05) is 0 Å². The fourth-order valence-corrected chi connectivity index (χ4v) is 1.87. The summed E-state index contributed by atoms with van der Waals surface area (Å²) < 4.78 is 0. The SMILES string of the molecule is O=C(O)CC(O)C(O)c1cnc2c(c1)CCN2. The normalized spacial score (nSPS) is 17.1. The van der Waals surface area contributed by atoms with Crippen LogP contribution in [0.15, 0.2) is 12.3 Å². The highest BCUT2D eigenvalue weighted by atomic mass is 16.4. The molecule has 2 heterocycles. The van der Waals surface area contributed by atoms with Crippen molar-refractivity contribution in [1.82, 2.24) is 4.98 Å². The molecule has 1 aliphatic heterocycles. The Kier molecular flexibility index (Phi) is 3.26. The van der Waals surface area contributed by atoms with Crippen LogP contribution in [0.2, 0.25) is 0 Å². The van der Waals surface area contributed by atoms with Crippen LogP contribution in [0.5, 0.6) is 0 Å². The van der Waals surface area contributed by atoms with Crippen molar-refractivity contribution >= 4 is 11.8 Å². The molecule has 2 unspecified atom stereocenters. The zero-order valence-corrected chi connectivity index (χ0v) is 9.13. The molecular formula is C11H14N2O4. The largest absolute Gasteiger partial charge is 0.481 e. The van der Waals surface area contributed by atoms with Crippen LogP contribution in [0, 0.1) is 0 Å². The van der Waals surface area contributed by atoms with Gasteiger partial charge in [0.05, 0.1) is 12.5 Å². The summed E-state index contributed by atoms with van der Waals surface area (Å²) in [6.07, 6.45) is -0.757. The number of carbonyl (C=O) groups is 1. The lowest BCUT2D eigenvalue weighted by atomic mass is 10.0. The van der Waals surface area contributed by atoms with Gasteiger partial charge in [-0.1, -0.05) is 0 Å². The Hall–Kier alpha value is -1.66. The first-order chi connectivity index (χ1) is 8.08. The molecule has 1 aromatic rings. The summed E-state index contributed by atoms with van der Waals surface area (Å²) in [4.78, 5) is 14.5. The number of fused-ring (bicyclic) bond motifs is 1. The molecule has 0 saturated carbocycles. The van der Waals surface area contributed by atoms with Crippen LogP contribution in [0.1, 0.15) is 23.7 Å². The summed E-state index contributed by atoms with van der Waals surface area (Å²) in [5.41, 5.74) is 1.42. The second kappa shape index (κ2) is 4.68. The van der Waals surface area contributed by atoms with Crippen molar-refractivity contribution < 1.29 is 20.1 Å². The number of pyridine rings is 1. The van der Waals surface area contributed by atoms with Crippen LogP contribution < -0.4 is 5.32 Å². The van der Waals surface area contributed by atoms with Crippen molar-refractivity contribution in [1.29, 1.82) is 0 Å². The lowest BCUT2D eigenvalue weighted by Crippen LogP contribution is -2.22. The van der Waals surface area contributed by atoms with E-state index in [2.05, 4.69) is 10.3 Å². The molecule has 0 fully saturated rings. The molecular weight excluding hydrogens is 224 g/mol. The van der Waals surface area contributed by atoms with Gasteiger partial charge in [0.25, 0.3) is 0 Å². The third-order valence-electron chi connectivity index (χ3n) is 2.76. The second-order valence-corrected chi connectivity index (χ2v) is 4.06. The van der Waals surface area contributed by atoms with E-state index in [0.717, 1.165) is 24.3 Å². The van der Waals surface area contributed by atoms with Gasteiger partial charge in [-0.2, -0.15) is 0 Å². The molecule has 0 aliphatic carbocycles. The molecule has 0 saturated heterocycles. The summed E-state index contributed by atoms with van der Waals surface area (Å²) >= 11 is 0. The predicted molar refractivity (Wildman–Crippen MR) is 59.7 cm³/mol. The summed E-state index contributed by atoms with van der Waals surface area (Å²) in [5, 5.41) is 30.9. The number of hydrogen-bond donors (Lipinski definition) is 4. The Morgan fingerprint density at radius 1 is 1.53 bits per heavy atom. The zero-order chi connectivity index (χ0) is 12.4. The van der Waals surface area contributed by atoms with Crippen molar-refractivity contribution in [3.63, 3.8) is 0 Å². The fraction of sp³-hybridized carbons (Fsp3) is 0.455. The number of carboxylic acids is 1. The van der Waals surface area contributed by atoms with Crippen LogP contribution in [-0.4, -0.2) is 38.9 Å². The van der Waals surface area contributed by atoms with Gasteiger partial charge in [0.2, 0.25) is 0 Å². The Labute approximate surface area is 97.9 Å². The molecule has 0 amide bonds. The zero-order valence-electron chi connectivity index (χ0n) is 9.13. The van der Waals surface area contributed by atoms with Crippen molar-refractivity contribution in [2.75, 3.05) is 11.9 Å². The quantitative estimate of drug-likeness (QED) is 0.585. The molecule has 17 heavy (non-hydrogen) atoms. The Morgan fingerprint density at radius 3 is 3.00 bits per heavy atom. The standard InChI is InChI=1S/C11H14N2O4/c14-8(4-9(15)16)10(17)7-3-6-1-2-12-11(6)13-5-7/h3,5,8,10,14,17H,1-2,4H2,(H,12,13)(H,15,16). The Balaban J connectivity index is 2.14. The number of rotatable bonds is 4. The molecule has 0 radical (unpaired) electrons. The Morgan fingerprint density at radius 2 is 2.29 bits per heavy atom. The lowest BCUT2D eigenvalue weighted by molar-refractivity contribution is -0.141. The summed E-state index contributed by atoms with van der Waals surface area (Å²) in [6, 6.07) is 1.75. The van der Waals surface area contributed by atoms with Crippen LogP contribution in [0.3, 0.4) is 0 Å². The third-order valence-corrected chi connectivity index (χ3v) is 2.76. The Bertz CT molecular complexity index is 435. The molecule has 2 atom stereocenters. The number of nitrogens with zero attached hydrogens (tertiary/aromatic N) is 1. The van der Waals surface area contributed by atoms with E-state index in [1.165, 1.54) is 6.20 Å². The van der Waals surface area contributed by atoms with Gasteiger partial charge in [-0.25, -0.2) is 4.98 Å². The van der Waals surface area contributed by atoms with E-state index in [0.29, 0.717) is 5.56 Å². The van der Waals surface area contributed by atoms with Crippen LogP contribution in [-0.2, 0) is 11.2 Å². The molecule has 6 nitrogen and oxygen atoms in total. The van der Waals surface area contributed by atoms with Gasteiger partial charge in [-0.3, -0.25) is 4.79 Å². The molecule has 1 aromatic heterocycles. The fourth-order valence-electron chi connectivity index (χ4n) is 1.87. The highest BCUT2D eigenvalue weighted by Gasteiger charge is 2.23. The molecule has 0 spiro atoms. The van der Waals surface area contributed by atoms with Gasteiger partial charge in [0.1, 0.15) is 11.9 Å². The molecule has 92 valence electrons. The predicted octanol–water partition coefficient (Wildman–Crippen LogP) is -0.0814. The molecule has 6 heteroatoms. The maximum absolute atomic E-state index is 10.4. The van der Waals surface area contributed by atoms with Gasteiger partial charge in [0, 0.05) is 18.3 Å². The summed E-state index contributed by atoms with van der Waals surface area (Å²) in [5.74, 6) is -0.360. The third kappa shape index (κ3) is 2.54. The highest BCUT2D eigenvalue weighted by Crippen LogP contribution is 2.25. The summed E-state index contributed by atoms with van der Waals surface area (Å²) in [6.45, 7) is 0.805.